The van der Waals surface area contributed by atoms with Crippen molar-refractivity contribution < 1.29 is 0 Å². The molecule has 0 amide bonds. The fourth-order valence-corrected chi connectivity index (χ4v) is 1.40. The molecule has 0 bridgehead atoms. The lowest BCUT2D eigenvalue weighted by Gasteiger charge is -2.10. The molecule has 1 rings (SSSR count). The Bertz CT molecular complexity index is 540. The van der Waals surface area contributed by atoms with Crippen LogP contribution >= 0.6 is 0 Å². The van der Waals surface area contributed by atoms with Gasteiger partial charge in [-0.3, -0.25) is 4.98 Å². The molecule has 0 radical (unpaired) electrons. The van der Waals surface area contributed by atoms with Gasteiger partial charge in [0.25, 0.3) is 0 Å². The number of pyridine rings is 1. The molecule has 0 saturated heterocycles. The third-order valence-corrected chi connectivity index (χ3v) is 2.36. The highest BCUT2D eigenvalue weighted by molar-refractivity contribution is 5.60. The van der Waals surface area contributed by atoms with Gasteiger partial charge < -0.3 is 5.73 Å². The van der Waals surface area contributed by atoms with E-state index in [0.717, 1.165) is 0 Å². The molecule has 0 unspecified atom stereocenters. The molecule has 0 fully saturated rings. The second-order valence-corrected chi connectivity index (χ2v) is 3.30. The van der Waals surface area contributed by atoms with Gasteiger partial charge in [0.05, 0.1) is 34.8 Å². The van der Waals surface area contributed by atoms with Gasteiger partial charge in [0.15, 0.2) is 5.92 Å². The first-order valence-electron chi connectivity index (χ1n) is 4.52. The van der Waals surface area contributed by atoms with E-state index < -0.39 is 5.92 Å². The number of nitrogen functional groups attached to an aromatic ring is 1. The molecule has 0 saturated carbocycles. The van der Waals surface area contributed by atoms with Crippen LogP contribution in [0.15, 0.2) is 0 Å². The van der Waals surface area contributed by atoms with Crippen LogP contribution in [0.25, 0.3) is 0 Å². The summed E-state index contributed by atoms with van der Waals surface area (Å²) in [4.78, 5) is 4.05. The number of nitrogens with two attached hydrogens (primary N) is 1. The van der Waals surface area contributed by atoms with E-state index in [9.17, 15) is 0 Å². The van der Waals surface area contributed by atoms with Crippen molar-refractivity contribution >= 4 is 5.69 Å². The van der Waals surface area contributed by atoms with E-state index in [1.165, 1.54) is 0 Å². The Morgan fingerprint density at radius 2 is 1.75 bits per heavy atom. The van der Waals surface area contributed by atoms with Gasteiger partial charge in [0.1, 0.15) is 6.07 Å². The molecule has 1 aromatic heterocycles. The Labute approximate surface area is 93.4 Å². The molecule has 0 aliphatic rings. The summed E-state index contributed by atoms with van der Waals surface area (Å²) in [6.07, 6.45) is 0. The van der Waals surface area contributed by atoms with Gasteiger partial charge in [-0.05, 0) is 19.4 Å². The quantitative estimate of drug-likeness (QED) is 0.752. The van der Waals surface area contributed by atoms with Crippen LogP contribution in [0.4, 0.5) is 5.69 Å². The summed E-state index contributed by atoms with van der Waals surface area (Å²) in [6, 6.07) is 5.54. The summed E-state index contributed by atoms with van der Waals surface area (Å²) in [6.45, 7) is 3.36. The van der Waals surface area contributed by atoms with E-state index in [0.29, 0.717) is 16.9 Å². The number of aromatic nitrogens is 1. The van der Waals surface area contributed by atoms with Gasteiger partial charge in [-0.2, -0.15) is 15.8 Å². The number of rotatable bonds is 1. The van der Waals surface area contributed by atoms with Crippen LogP contribution < -0.4 is 5.73 Å². The molecule has 5 nitrogen and oxygen atoms in total. The van der Waals surface area contributed by atoms with Crippen LogP contribution in [0.5, 0.6) is 0 Å². The molecule has 78 valence electrons. The Kier molecular flexibility index (Phi) is 3.09. The van der Waals surface area contributed by atoms with Gasteiger partial charge in [-0.1, -0.05) is 0 Å². The van der Waals surface area contributed by atoms with Crippen molar-refractivity contribution in [2.45, 2.75) is 19.8 Å². The molecule has 0 spiro atoms. The largest absolute Gasteiger partial charge is 0.397 e. The van der Waals surface area contributed by atoms with E-state index >= 15 is 0 Å². The minimum absolute atomic E-state index is 0.191. The summed E-state index contributed by atoms with van der Waals surface area (Å²) in [7, 11) is 0. The maximum Gasteiger partial charge on any atom is 0.176 e. The SMILES string of the molecule is Cc1nc(C(C#N)C#N)c(C#N)c(C)c1N. The van der Waals surface area contributed by atoms with Crippen molar-refractivity contribution in [1.82, 2.24) is 4.98 Å². The molecular weight excluding hydrogens is 202 g/mol. The van der Waals surface area contributed by atoms with E-state index in [1.807, 2.05) is 6.07 Å². The van der Waals surface area contributed by atoms with Crippen LogP contribution in [0.1, 0.15) is 28.4 Å². The number of aryl methyl sites for hydroxylation is 1. The number of nitriles is 3. The van der Waals surface area contributed by atoms with Crippen molar-refractivity contribution in [3.05, 3.63) is 22.5 Å². The minimum atomic E-state index is -1.03. The number of anilines is 1. The lowest BCUT2D eigenvalue weighted by molar-refractivity contribution is 0.973. The number of hydrogen-bond acceptors (Lipinski definition) is 5. The van der Waals surface area contributed by atoms with Crippen LogP contribution in [0, 0.1) is 47.8 Å². The summed E-state index contributed by atoms with van der Waals surface area (Å²) in [5, 5.41) is 26.6. The van der Waals surface area contributed by atoms with E-state index in [2.05, 4.69) is 4.98 Å². The van der Waals surface area contributed by atoms with Crippen molar-refractivity contribution in [2.75, 3.05) is 5.73 Å². The van der Waals surface area contributed by atoms with Gasteiger partial charge in [0.2, 0.25) is 0 Å². The lowest BCUT2D eigenvalue weighted by Crippen LogP contribution is -2.08. The van der Waals surface area contributed by atoms with Gasteiger partial charge >= 0.3 is 0 Å². The zero-order valence-corrected chi connectivity index (χ0v) is 8.94. The number of nitrogens with zero attached hydrogens (tertiary/aromatic N) is 4. The van der Waals surface area contributed by atoms with E-state index in [-0.39, 0.29) is 11.3 Å². The Hall–Kier alpha value is -2.58. The average molecular weight is 211 g/mol. The second-order valence-electron chi connectivity index (χ2n) is 3.30. The van der Waals surface area contributed by atoms with Crippen molar-refractivity contribution in [3.63, 3.8) is 0 Å². The average Bonchev–Trinajstić information content (AvgIpc) is 2.28. The minimum Gasteiger partial charge on any atom is -0.397 e. The van der Waals surface area contributed by atoms with Crippen LogP contribution in [-0.4, -0.2) is 4.98 Å². The first-order chi connectivity index (χ1) is 7.56. The predicted octanol–water partition coefficient (Wildman–Crippen LogP) is 1.28. The third-order valence-electron chi connectivity index (χ3n) is 2.36. The molecule has 0 atom stereocenters. The molecule has 2 N–H and O–H groups in total. The molecule has 0 aromatic carbocycles. The standard InChI is InChI=1S/C11H9N5/c1-6-9(5-14)11(8(3-12)4-13)16-7(2)10(6)15/h8H,15H2,1-2H3. The molecule has 0 aliphatic heterocycles. The van der Waals surface area contributed by atoms with Crippen molar-refractivity contribution in [3.8, 4) is 18.2 Å². The molecular formula is C11H9N5. The maximum atomic E-state index is 8.99. The van der Waals surface area contributed by atoms with E-state index in [4.69, 9.17) is 21.5 Å². The van der Waals surface area contributed by atoms with Crippen LogP contribution in [0.2, 0.25) is 0 Å². The first kappa shape index (κ1) is 11.5. The lowest BCUT2D eigenvalue weighted by atomic mass is 9.98. The molecule has 1 aromatic rings. The summed E-state index contributed by atoms with van der Waals surface area (Å²) < 4.78 is 0. The molecule has 0 aliphatic carbocycles. The van der Waals surface area contributed by atoms with E-state index in [1.54, 1.807) is 26.0 Å². The molecule has 16 heavy (non-hydrogen) atoms. The Morgan fingerprint density at radius 1 is 1.19 bits per heavy atom. The zero-order chi connectivity index (χ0) is 12.3. The smallest absolute Gasteiger partial charge is 0.176 e. The summed E-state index contributed by atoms with van der Waals surface area (Å²) in [5.74, 6) is -1.03. The Morgan fingerprint density at radius 3 is 2.19 bits per heavy atom. The fourth-order valence-electron chi connectivity index (χ4n) is 1.40. The first-order valence-corrected chi connectivity index (χ1v) is 4.52. The van der Waals surface area contributed by atoms with Crippen molar-refractivity contribution in [2.24, 2.45) is 0 Å². The van der Waals surface area contributed by atoms with Crippen molar-refractivity contribution in [1.29, 1.82) is 15.8 Å². The highest BCUT2D eigenvalue weighted by Crippen LogP contribution is 2.25. The summed E-state index contributed by atoms with van der Waals surface area (Å²) >= 11 is 0. The second kappa shape index (κ2) is 4.29. The molecule has 5 heteroatoms. The van der Waals surface area contributed by atoms with Gasteiger partial charge in [-0.15, -0.1) is 0 Å². The highest BCUT2D eigenvalue weighted by Gasteiger charge is 2.20. The molecule has 1 heterocycles. The number of hydrogen-bond donors (Lipinski definition) is 1. The topological polar surface area (TPSA) is 110 Å². The van der Waals surface area contributed by atoms with Crippen LogP contribution in [0.3, 0.4) is 0 Å². The predicted molar refractivity (Wildman–Crippen MR) is 56.8 cm³/mol. The van der Waals surface area contributed by atoms with Crippen LogP contribution in [-0.2, 0) is 0 Å². The van der Waals surface area contributed by atoms with Gasteiger partial charge in [0, 0.05) is 0 Å². The summed E-state index contributed by atoms with van der Waals surface area (Å²) in [5.41, 5.74) is 7.67. The van der Waals surface area contributed by atoms with Gasteiger partial charge in [-0.25, -0.2) is 0 Å². The normalized spacial score (nSPS) is 9.25. The highest BCUT2D eigenvalue weighted by atomic mass is 14.8. The zero-order valence-electron chi connectivity index (χ0n) is 8.94. The monoisotopic (exact) mass is 211 g/mol. The third kappa shape index (κ3) is 1.65. The Balaban J connectivity index is 3.61. The fraction of sp³-hybridized carbons (Fsp3) is 0.273. The maximum absolute atomic E-state index is 8.99.